The Labute approximate surface area is 107 Å². The first-order chi connectivity index (χ1) is 7.20. The van der Waals surface area contributed by atoms with Crippen LogP contribution in [0.25, 0.3) is 11.5 Å². The smallest absolute Gasteiger partial charge is 0.259 e. The van der Waals surface area contributed by atoms with E-state index in [0.717, 1.165) is 13.1 Å². The molecule has 2 N–H and O–H groups in total. The number of thiophene rings is 1. The molecule has 2 aromatic rings. The lowest BCUT2D eigenvalue weighted by Crippen LogP contribution is -2.03. The Hall–Kier alpha value is -0.240. The SMILES string of the molecule is NCCc1noc(-c2cc(Br)sc2Br)n1. The summed E-state index contributed by atoms with van der Waals surface area (Å²) in [5.74, 6) is 1.16. The number of rotatable bonds is 3. The van der Waals surface area contributed by atoms with Crippen LogP contribution in [-0.2, 0) is 6.42 Å². The number of hydrogen-bond acceptors (Lipinski definition) is 5. The number of halogens is 2. The molecule has 0 bridgehead atoms. The molecule has 7 heteroatoms. The van der Waals surface area contributed by atoms with Gasteiger partial charge in [-0.1, -0.05) is 5.16 Å². The molecule has 2 heterocycles. The molecule has 0 aliphatic heterocycles. The van der Waals surface area contributed by atoms with Crippen LogP contribution in [0, 0.1) is 0 Å². The fourth-order valence-corrected chi connectivity index (χ4v) is 3.86. The van der Waals surface area contributed by atoms with Crippen LogP contribution in [0.1, 0.15) is 5.82 Å². The maximum Gasteiger partial charge on any atom is 0.259 e. The van der Waals surface area contributed by atoms with Crippen molar-refractivity contribution in [1.82, 2.24) is 10.1 Å². The summed E-state index contributed by atoms with van der Waals surface area (Å²) in [5.41, 5.74) is 6.31. The minimum atomic E-state index is 0.521. The Morgan fingerprint density at radius 3 is 2.87 bits per heavy atom. The second-order valence-corrected chi connectivity index (χ2v) is 6.54. The monoisotopic (exact) mass is 351 g/mol. The molecule has 2 rings (SSSR count). The topological polar surface area (TPSA) is 64.9 Å². The van der Waals surface area contributed by atoms with E-state index in [1.54, 1.807) is 11.3 Å². The third kappa shape index (κ3) is 2.47. The number of nitrogens with zero attached hydrogens (tertiary/aromatic N) is 2. The normalized spacial score (nSPS) is 10.9. The predicted octanol–water partition coefficient (Wildman–Crippen LogP) is 2.82. The van der Waals surface area contributed by atoms with Crippen molar-refractivity contribution < 1.29 is 4.52 Å². The molecule has 0 fully saturated rings. The zero-order chi connectivity index (χ0) is 10.8. The molecule has 0 atom stereocenters. The molecular formula is C8H7Br2N3OS. The molecular weight excluding hydrogens is 346 g/mol. The first-order valence-corrected chi connectivity index (χ1v) is 6.59. The summed E-state index contributed by atoms with van der Waals surface area (Å²) >= 11 is 8.40. The molecule has 0 saturated carbocycles. The number of nitrogens with two attached hydrogens (primary N) is 1. The molecule has 0 unspecified atom stereocenters. The lowest BCUT2D eigenvalue weighted by atomic mass is 10.3. The molecule has 0 saturated heterocycles. The molecule has 0 radical (unpaired) electrons. The van der Waals surface area contributed by atoms with E-state index < -0.39 is 0 Å². The van der Waals surface area contributed by atoms with Gasteiger partial charge in [0.05, 0.1) is 13.1 Å². The molecule has 2 aromatic heterocycles. The van der Waals surface area contributed by atoms with Gasteiger partial charge in [-0.25, -0.2) is 0 Å². The minimum Gasteiger partial charge on any atom is -0.334 e. The first-order valence-electron chi connectivity index (χ1n) is 4.18. The summed E-state index contributed by atoms with van der Waals surface area (Å²) in [6.07, 6.45) is 0.631. The average Bonchev–Trinajstić information content (AvgIpc) is 2.73. The Kier molecular flexibility index (Phi) is 3.55. The highest BCUT2D eigenvalue weighted by Crippen LogP contribution is 2.37. The molecule has 15 heavy (non-hydrogen) atoms. The Morgan fingerprint density at radius 1 is 1.47 bits per heavy atom. The zero-order valence-corrected chi connectivity index (χ0v) is 11.5. The van der Waals surface area contributed by atoms with Crippen molar-refractivity contribution in [1.29, 1.82) is 0 Å². The Bertz CT molecular complexity index is 468. The van der Waals surface area contributed by atoms with E-state index in [-0.39, 0.29) is 0 Å². The molecule has 0 amide bonds. The van der Waals surface area contributed by atoms with E-state index in [1.165, 1.54) is 0 Å². The standard InChI is InChI=1S/C8H7Br2N3OS/c9-5-3-4(7(10)15-5)8-12-6(1-2-11)13-14-8/h3H,1-2,11H2. The zero-order valence-electron chi connectivity index (χ0n) is 7.54. The van der Waals surface area contributed by atoms with Crippen LogP contribution in [0.3, 0.4) is 0 Å². The highest BCUT2D eigenvalue weighted by atomic mass is 79.9. The van der Waals surface area contributed by atoms with Crippen molar-refractivity contribution in [3.05, 3.63) is 19.5 Å². The van der Waals surface area contributed by atoms with E-state index in [4.69, 9.17) is 10.3 Å². The molecule has 80 valence electrons. The van der Waals surface area contributed by atoms with Gasteiger partial charge in [0, 0.05) is 6.42 Å². The van der Waals surface area contributed by atoms with Gasteiger partial charge in [0.25, 0.3) is 5.89 Å². The summed E-state index contributed by atoms with van der Waals surface area (Å²) in [6, 6.07) is 1.94. The van der Waals surface area contributed by atoms with Crippen molar-refractivity contribution in [2.45, 2.75) is 6.42 Å². The molecule has 0 aliphatic rings. The van der Waals surface area contributed by atoms with Crippen LogP contribution in [0.15, 0.2) is 18.2 Å². The van der Waals surface area contributed by atoms with Gasteiger partial charge in [-0.3, -0.25) is 0 Å². The fraction of sp³-hybridized carbons (Fsp3) is 0.250. The van der Waals surface area contributed by atoms with Gasteiger partial charge in [0.1, 0.15) is 0 Å². The average molecular weight is 353 g/mol. The van der Waals surface area contributed by atoms with E-state index >= 15 is 0 Å². The van der Waals surface area contributed by atoms with Crippen LogP contribution in [-0.4, -0.2) is 16.7 Å². The number of aromatic nitrogens is 2. The summed E-state index contributed by atoms with van der Waals surface area (Å²) in [6.45, 7) is 0.521. The predicted molar refractivity (Wildman–Crippen MR) is 65.8 cm³/mol. The van der Waals surface area contributed by atoms with Crippen LogP contribution < -0.4 is 5.73 Å². The van der Waals surface area contributed by atoms with E-state index in [1.807, 2.05) is 6.07 Å². The molecule has 4 nitrogen and oxygen atoms in total. The maximum absolute atomic E-state index is 5.41. The van der Waals surface area contributed by atoms with Crippen molar-refractivity contribution >= 4 is 43.2 Å². The van der Waals surface area contributed by atoms with Crippen LogP contribution in [0.2, 0.25) is 0 Å². The maximum atomic E-state index is 5.41. The van der Waals surface area contributed by atoms with Crippen LogP contribution in [0.4, 0.5) is 0 Å². The summed E-state index contributed by atoms with van der Waals surface area (Å²) < 4.78 is 7.12. The van der Waals surface area contributed by atoms with Crippen LogP contribution in [0.5, 0.6) is 0 Å². The molecule has 0 aliphatic carbocycles. The quantitative estimate of drug-likeness (QED) is 0.922. The van der Waals surface area contributed by atoms with Gasteiger partial charge in [0.15, 0.2) is 5.82 Å². The largest absolute Gasteiger partial charge is 0.334 e. The Morgan fingerprint density at radius 2 is 2.27 bits per heavy atom. The highest BCUT2D eigenvalue weighted by Gasteiger charge is 2.14. The lowest BCUT2D eigenvalue weighted by molar-refractivity contribution is 0.422. The second-order valence-electron chi connectivity index (χ2n) is 2.79. The molecule has 0 spiro atoms. The van der Waals surface area contributed by atoms with Crippen molar-refractivity contribution in [2.24, 2.45) is 5.73 Å². The Balaban J connectivity index is 2.32. The third-order valence-corrected chi connectivity index (χ3v) is 4.06. The summed E-state index contributed by atoms with van der Waals surface area (Å²) in [7, 11) is 0. The van der Waals surface area contributed by atoms with Gasteiger partial charge in [-0.15, -0.1) is 11.3 Å². The second kappa shape index (κ2) is 4.73. The van der Waals surface area contributed by atoms with Gasteiger partial charge in [-0.2, -0.15) is 4.98 Å². The summed E-state index contributed by atoms with van der Waals surface area (Å²) in [5, 5.41) is 3.84. The molecule has 0 aromatic carbocycles. The first kappa shape index (κ1) is 11.3. The van der Waals surface area contributed by atoms with Crippen LogP contribution >= 0.6 is 43.2 Å². The van der Waals surface area contributed by atoms with E-state index in [2.05, 4.69) is 42.0 Å². The highest BCUT2D eigenvalue weighted by molar-refractivity contribution is 9.12. The van der Waals surface area contributed by atoms with E-state index in [9.17, 15) is 0 Å². The van der Waals surface area contributed by atoms with Gasteiger partial charge >= 0.3 is 0 Å². The van der Waals surface area contributed by atoms with Crippen molar-refractivity contribution in [3.63, 3.8) is 0 Å². The van der Waals surface area contributed by atoms with Gasteiger partial charge in [-0.05, 0) is 44.5 Å². The fourth-order valence-electron chi connectivity index (χ4n) is 1.08. The third-order valence-electron chi connectivity index (χ3n) is 1.72. The van der Waals surface area contributed by atoms with Crippen molar-refractivity contribution in [2.75, 3.05) is 6.54 Å². The number of hydrogen-bond donors (Lipinski definition) is 1. The summed E-state index contributed by atoms with van der Waals surface area (Å²) in [4.78, 5) is 4.24. The lowest BCUT2D eigenvalue weighted by Gasteiger charge is -1.87. The van der Waals surface area contributed by atoms with Gasteiger partial charge < -0.3 is 10.3 Å². The minimum absolute atomic E-state index is 0.521. The van der Waals surface area contributed by atoms with Crippen molar-refractivity contribution in [3.8, 4) is 11.5 Å². The van der Waals surface area contributed by atoms with E-state index in [0.29, 0.717) is 24.7 Å². The van der Waals surface area contributed by atoms with Gasteiger partial charge in [0.2, 0.25) is 0 Å².